The van der Waals surface area contributed by atoms with E-state index in [-0.39, 0.29) is 6.61 Å². The molecule has 5 heteroatoms. The highest BCUT2D eigenvalue weighted by atomic mass is 16.3. The molecule has 0 spiro atoms. The molecule has 0 aliphatic rings. The molecular weight excluding hydrogens is 679 g/mol. The number of aliphatic hydroxyl groups is 3. The molecule has 0 fully saturated rings. The molecule has 0 bridgehead atoms. The number of hydrogen-bond acceptors (Lipinski definition) is 4. The van der Waals surface area contributed by atoms with Crippen LogP contribution in [-0.2, 0) is 4.79 Å². The second-order valence-corrected chi connectivity index (χ2v) is 17.4. The molecule has 3 unspecified atom stereocenters. The number of rotatable bonds is 46. The van der Waals surface area contributed by atoms with Gasteiger partial charge in [-0.05, 0) is 38.5 Å². The van der Waals surface area contributed by atoms with Crippen molar-refractivity contribution in [3.63, 3.8) is 0 Å². The zero-order valence-electron chi connectivity index (χ0n) is 37.3. The predicted octanol–water partition coefficient (Wildman–Crippen LogP) is 14.8. The maximum Gasteiger partial charge on any atom is 0.249 e. The van der Waals surface area contributed by atoms with Crippen molar-refractivity contribution < 1.29 is 20.1 Å². The van der Waals surface area contributed by atoms with Crippen LogP contribution in [0.25, 0.3) is 0 Å². The minimum absolute atomic E-state index is 0.312. The van der Waals surface area contributed by atoms with Crippen molar-refractivity contribution in [3.05, 3.63) is 12.2 Å². The average Bonchev–Trinajstić information content (AvgIpc) is 3.19. The zero-order valence-corrected chi connectivity index (χ0v) is 37.3. The Morgan fingerprint density at radius 3 is 1.00 bits per heavy atom. The highest BCUT2D eigenvalue weighted by molar-refractivity contribution is 5.80. The molecule has 1 amide bonds. The summed E-state index contributed by atoms with van der Waals surface area (Å²) in [5.41, 5.74) is 0. The van der Waals surface area contributed by atoms with E-state index in [1.165, 1.54) is 218 Å². The minimum atomic E-state index is -1.08. The fraction of sp³-hybridized carbons (Fsp3) is 0.940. The monoisotopic (exact) mass is 778 g/mol. The van der Waals surface area contributed by atoms with Gasteiger partial charge in [0.25, 0.3) is 0 Å². The van der Waals surface area contributed by atoms with Crippen LogP contribution in [0, 0.1) is 0 Å². The molecule has 0 aliphatic carbocycles. The summed E-state index contributed by atoms with van der Waals surface area (Å²) >= 11 is 0. The van der Waals surface area contributed by atoms with Gasteiger partial charge in [-0.15, -0.1) is 0 Å². The van der Waals surface area contributed by atoms with Gasteiger partial charge in [0.1, 0.15) is 6.10 Å². The number of carbonyl (C=O) groups excluding carboxylic acids is 1. The smallest absolute Gasteiger partial charge is 0.249 e. The van der Waals surface area contributed by atoms with E-state index in [0.29, 0.717) is 12.8 Å². The van der Waals surface area contributed by atoms with Crippen LogP contribution < -0.4 is 5.32 Å². The first-order valence-electron chi connectivity index (χ1n) is 25.0. The molecule has 0 aliphatic heterocycles. The molecule has 3 atom stereocenters. The van der Waals surface area contributed by atoms with Gasteiger partial charge >= 0.3 is 0 Å². The Bertz CT molecular complexity index is 773. The number of carbonyl (C=O) groups is 1. The van der Waals surface area contributed by atoms with Crippen LogP contribution in [-0.4, -0.2) is 46.1 Å². The lowest BCUT2D eigenvalue weighted by molar-refractivity contribution is -0.131. The average molecular weight is 778 g/mol. The van der Waals surface area contributed by atoms with Crippen LogP contribution in [0.4, 0.5) is 0 Å². The van der Waals surface area contributed by atoms with Crippen LogP contribution in [0.5, 0.6) is 0 Å². The highest BCUT2D eigenvalue weighted by Gasteiger charge is 2.23. The van der Waals surface area contributed by atoms with E-state index in [1.54, 1.807) is 0 Å². The fourth-order valence-corrected chi connectivity index (χ4v) is 7.95. The largest absolute Gasteiger partial charge is 0.394 e. The van der Waals surface area contributed by atoms with Crippen molar-refractivity contribution in [2.75, 3.05) is 6.61 Å². The Balaban J connectivity index is 3.57. The molecule has 0 aromatic heterocycles. The molecule has 0 rings (SSSR count). The lowest BCUT2D eigenvalue weighted by atomic mass is 10.0. The molecule has 0 aromatic rings. The van der Waals surface area contributed by atoms with Crippen LogP contribution in [0.3, 0.4) is 0 Å². The first-order chi connectivity index (χ1) is 27.1. The SMILES string of the molecule is CCCCCCCCCCC/C=C\CCCCCCCCC(O)C(=O)NC(CO)C(O)CCCCCCCCCCCCCCCCCCCCCCCC. The van der Waals surface area contributed by atoms with E-state index < -0.39 is 24.2 Å². The predicted molar refractivity (Wildman–Crippen MR) is 241 cm³/mol. The Hall–Kier alpha value is -0.910. The summed E-state index contributed by atoms with van der Waals surface area (Å²) in [6, 6.07) is -0.712. The number of nitrogens with one attached hydrogen (secondary N) is 1. The van der Waals surface area contributed by atoms with Gasteiger partial charge < -0.3 is 20.6 Å². The lowest BCUT2D eigenvalue weighted by Gasteiger charge is -2.23. The van der Waals surface area contributed by atoms with Crippen molar-refractivity contribution in [1.29, 1.82) is 0 Å². The molecule has 0 saturated heterocycles. The fourth-order valence-electron chi connectivity index (χ4n) is 7.95. The first kappa shape index (κ1) is 54.1. The number of amides is 1. The number of hydrogen-bond donors (Lipinski definition) is 4. The van der Waals surface area contributed by atoms with E-state index in [2.05, 4.69) is 31.3 Å². The van der Waals surface area contributed by atoms with Crippen LogP contribution >= 0.6 is 0 Å². The third-order valence-corrected chi connectivity index (χ3v) is 11.9. The molecular formula is C50H99NO4. The maximum atomic E-state index is 12.5. The number of allylic oxidation sites excluding steroid dienone is 2. The van der Waals surface area contributed by atoms with E-state index in [1.807, 2.05) is 0 Å². The normalized spacial score (nSPS) is 13.5. The van der Waals surface area contributed by atoms with Crippen LogP contribution in [0.15, 0.2) is 12.2 Å². The minimum Gasteiger partial charge on any atom is -0.394 e. The molecule has 4 N–H and O–H groups in total. The van der Waals surface area contributed by atoms with Gasteiger partial charge in [0.05, 0.1) is 18.8 Å². The Morgan fingerprint density at radius 1 is 0.418 bits per heavy atom. The van der Waals surface area contributed by atoms with Gasteiger partial charge in [-0.1, -0.05) is 251 Å². The third kappa shape index (κ3) is 41.1. The van der Waals surface area contributed by atoms with Crippen LogP contribution in [0.1, 0.15) is 277 Å². The van der Waals surface area contributed by atoms with Gasteiger partial charge in [0.15, 0.2) is 0 Å². The second-order valence-electron chi connectivity index (χ2n) is 17.4. The van der Waals surface area contributed by atoms with Gasteiger partial charge in [0, 0.05) is 0 Å². The van der Waals surface area contributed by atoms with Crippen molar-refractivity contribution in [1.82, 2.24) is 5.32 Å². The zero-order chi connectivity index (χ0) is 40.1. The third-order valence-electron chi connectivity index (χ3n) is 11.9. The number of aliphatic hydroxyl groups excluding tert-OH is 3. The summed E-state index contributed by atoms with van der Waals surface area (Å²) in [5.74, 6) is -0.471. The van der Waals surface area contributed by atoms with Crippen molar-refractivity contribution in [2.24, 2.45) is 0 Å². The van der Waals surface area contributed by atoms with Crippen LogP contribution in [0.2, 0.25) is 0 Å². The molecule has 0 saturated carbocycles. The second kappa shape index (κ2) is 45.8. The van der Waals surface area contributed by atoms with Gasteiger partial charge in [-0.25, -0.2) is 0 Å². The quantitative estimate of drug-likeness (QED) is 0.0366. The van der Waals surface area contributed by atoms with E-state index in [0.717, 1.165) is 32.1 Å². The molecule has 328 valence electrons. The Kier molecular flexibility index (Phi) is 45.0. The standard InChI is InChI=1S/C50H99NO4/c1-3-5-7-9-11-13-15-17-19-21-23-24-25-27-28-30-32-34-36-38-40-42-44-48(53)47(46-52)51-50(55)49(54)45-43-41-39-37-35-33-31-29-26-22-20-18-16-14-12-10-8-6-4-2/h26,29,47-49,52-54H,3-25,27-28,30-46H2,1-2H3,(H,51,55)/b29-26-. The molecule has 0 aromatic carbocycles. The van der Waals surface area contributed by atoms with Gasteiger partial charge in [0.2, 0.25) is 5.91 Å². The Morgan fingerprint density at radius 2 is 0.691 bits per heavy atom. The summed E-state index contributed by atoms with van der Waals surface area (Å²) in [6.07, 6.45) is 55.1. The van der Waals surface area contributed by atoms with E-state index in [4.69, 9.17) is 0 Å². The summed E-state index contributed by atoms with van der Waals surface area (Å²) in [4.78, 5) is 12.5. The van der Waals surface area contributed by atoms with Crippen molar-refractivity contribution in [3.8, 4) is 0 Å². The van der Waals surface area contributed by atoms with E-state index >= 15 is 0 Å². The Labute approximate surface area is 344 Å². The molecule has 55 heavy (non-hydrogen) atoms. The van der Waals surface area contributed by atoms with Gasteiger partial charge in [-0.3, -0.25) is 4.79 Å². The summed E-state index contributed by atoms with van der Waals surface area (Å²) < 4.78 is 0. The summed E-state index contributed by atoms with van der Waals surface area (Å²) in [6.45, 7) is 4.26. The summed E-state index contributed by atoms with van der Waals surface area (Å²) in [5, 5.41) is 33.4. The van der Waals surface area contributed by atoms with E-state index in [9.17, 15) is 20.1 Å². The topological polar surface area (TPSA) is 89.8 Å². The van der Waals surface area contributed by atoms with Crippen molar-refractivity contribution >= 4 is 5.91 Å². The van der Waals surface area contributed by atoms with Crippen molar-refractivity contribution in [2.45, 2.75) is 295 Å². The molecule has 0 heterocycles. The van der Waals surface area contributed by atoms with Gasteiger partial charge in [-0.2, -0.15) is 0 Å². The first-order valence-corrected chi connectivity index (χ1v) is 25.0. The number of unbranched alkanes of at least 4 members (excludes halogenated alkanes) is 36. The molecule has 0 radical (unpaired) electrons. The molecule has 5 nitrogen and oxygen atoms in total. The summed E-state index contributed by atoms with van der Waals surface area (Å²) in [7, 11) is 0. The highest BCUT2D eigenvalue weighted by Crippen LogP contribution is 2.17. The maximum absolute atomic E-state index is 12.5. The lowest BCUT2D eigenvalue weighted by Crippen LogP contribution is -2.49.